The molecule has 1 N–H and O–H groups in total. The number of aliphatic hydroxyl groups is 1. The zero-order chi connectivity index (χ0) is 55.8. The topological polar surface area (TPSA) is 37.3 Å². The number of hydrogen-bond acceptors (Lipinski definition) is 2. The predicted octanol–water partition coefficient (Wildman–Crippen LogP) is 13.0. The number of hydrogen-bond donors (Lipinski definition) is 1. The number of benzene rings is 8. The summed E-state index contributed by atoms with van der Waals surface area (Å²) in [6.45, 7) is 9.72. The molecular weight excluding hydrogens is 1260 g/mol. The van der Waals surface area contributed by atoms with Crippen molar-refractivity contribution < 1.29 is 61.0 Å². The van der Waals surface area contributed by atoms with Gasteiger partial charge in [-0.05, 0) is 111 Å². The molecule has 8 aromatic rings. The SMILES string of the molecule is C1CCCC1.C1CCCC1.C[P+](C)(c1ccccc1)C1CCCC1C=O.C[P+](C)(c1ccccc1)C1CCCC1[C@@H](O)c1ccccc1P(c1ccccc1)c1ccccc1.[Br-].[Fe].[Fe].[Mg+2].[c-]1ccccc1P(c1ccccc1)c1ccccc1. The summed E-state index contributed by atoms with van der Waals surface area (Å²) in [5.74, 6) is 0.603. The van der Waals surface area contributed by atoms with E-state index in [9.17, 15) is 9.90 Å². The standard InChI is InChI=1S/C32H35OP2.C18H14P.C14H20OP.2C5H10.BrH.2Fe.Mg/c1-35(2,27-19-10-5-11-20-27)31-24-14-22-29(31)32(33)28-21-12-13-23-30(28)34(25-15-6-3-7-16-25)26-17-8-4-9-18-26;1-4-10-16(11-5-1)19(17-12-6-2-7-13-17)18-14-8-3-9-15-18;1-16(2,13-8-4-3-5-9-13)14-10-6-7-12(14)11-15;2*1-2-4-5-3-1;;;;/h3-13,15-21,23,29,31-33H,14,22,24H2,1-2H3;1-14H;3-5,8-9,11-12,14H,6-7,10H2,1-2H3;2*1-5H2;1H;;;/q+1;-1;+1;;;;;;+2/p-1/t29?,31?,32-;;;;;;;;/m0......../s1. The summed E-state index contributed by atoms with van der Waals surface area (Å²) in [6, 6.07) is 85.2. The van der Waals surface area contributed by atoms with Crippen LogP contribution in [0.2, 0.25) is 0 Å². The summed E-state index contributed by atoms with van der Waals surface area (Å²) in [6.07, 6.45) is 22.8. The summed E-state index contributed by atoms with van der Waals surface area (Å²) < 4.78 is 0. The molecule has 4 saturated carbocycles. The van der Waals surface area contributed by atoms with Gasteiger partial charge in [0.25, 0.3) is 0 Å². The Hall–Kier alpha value is -2.60. The van der Waals surface area contributed by atoms with Crippen LogP contribution in [0.3, 0.4) is 0 Å². The molecule has 4 unspecified atom stereocenters. The van der Waals surface area contributed by atoms with Crippen LogP contribution in [0.4, 0.5) is 0 Å². The maximum Gasteiger partial charge on any atom is 2.00 e. The molecule has 0 amide bonds. The normalized spacial score (nSPS) is 18.1. The molecule has 8 aromatic carbocycles. The summed E-state index contributed by atoms with van der Waals surface area (Å²) >= 11 is 0. The van der Waals surface area contributed by atoms with Gasteiger partial charge in [0.1, 0.15) is 6.29 Å². The molecule has 12 rings (SSSR count). The van der Waals surface area contributed by atoms with Gasteiger partial charge in [-0.3, -0.25) is 0 Å². The minimum Gasteiger partial charge on any atom is -1.00 e. The van der Waals surface area contributed by atoms with Crippen molar-refractivity contribution in [2.75, 3.05) is 26.7 Å². The molecule has 0 saturated heterocycles. The molecular formula is C74H89BrFe2MgO2P4+2. The van der Waals surface area contributed by atoms with Gasteiger partial charge in [-0.25, -0.2) is 0 Å². The van der Waals surface area contributed by atoms with Gasteiger partial charge in [0.2, 0.25) is 0 Å². The number of halogens is 1. The van der Waals surface area contributed by atoms with Gasteiger partial charge in [0.15, 0.2) is 0 Å². The summed E-state index contributed by atoms with van der Waals surface area (Å²) in [5, 5.41) is 22.9. The minimum atomic E-state index is -1.38. The van der Waals surface area contributed by atoms with E-state index in [2.05, 4.69) is 251 Å². The Labute approximate surface area is 558 Å². The van der Waals surface area contributed by atoms with E-state index in [4.69, 9.17) is 0 Å². The zero-order valence-corrected chi connectivity index (χ0v) is 58.9. The molecule has 2 nitrogen and oxygen atoms in total. The first-order valence-electron chi connectivity index (χ1n) is 30.0. The number of aliphatic hydroxyl groups excluding tert-OH is 1. The molecule has 0 spiro atoms. The largest absolute Gasteiger partial charge is 2.00 e. The van der Waals surface area contributed by atoms with E-state index in [0.717, 1.165) is 18.4 Å². The smallest absolute Gasteiger partial charge is 1.00 e. The molecule has 0 bridgehead atoms. The average molecular weight is 1350 g/mol. The number of rotatable bonds is 13. The Morgan fingerprint density at radius 1 is 0.429 bits per heavy atom. The van der Waals surface area contributed by atoms with Crippen molar-refractivity contribution in [2.45, 2.75) is 120 Å². The van der Waals surface area contributed by atoms with E-state index in [1.165, 1.54) is 139 Å². The quantitative estimate of drug-likeness (QED) is 0.0541. The van der Waals surface area contributed by atoms with Crippen molar-refractivity contribution in [3.8, 4) is 0 Å². The summed E-state index contributed by atoms with van der Waals surface area (Å²) in [5.41, 5.74) is 2.29. The molecule has 440 valence electrons. The predicted molar refractivity (Wildman–Crippen MR) is 364 cm³/mol. The first kappa shape index (κ1) is 73.9. The van der Waals surface area contributed by atoms with Gasteiger partial charge in [0.05, 0.1) is 60.6 Å². The summed E-state index contributed by atoms with van der Waals surface area (Å²) in [4.78, 5) is 11.1. The van der Waals surface area contributed by atoms with Gasteiger partial charge in [-0.15, -0.1) is 5.30 Å². The third kappa shape index (κ3) is 21.0. The van der Waals surface area contributed by atoms with Crippen molar-refractivity contribution in [3.63, 3.8) is 0 Å². The monoisotopic (exact) mass is 1350 g/mol. The molecule has 5 atom stereocenters. The fraction of sp³-hybridized carbons (Fsp3) is 0.338. The molecule has 10 heteroatoms. The summed E-state index contributed by atoms with van der Waals surface area (Å²) in [7, 11) is -3.78. The van der Waals surface area contributed by atoms with Crippen LogP contribution < -0.4 is 59.4 Å². The maximum atomic E-state index is 12.1. The Bertz CT molecular complexity index is 2820. The second kappa shape index (κ2) is 39.4. The Kier molecular flexibility index (Phi) is 34.7. The second-order valence-electron chi connectivity index (χ2n) is 23.0. The first-order chi connectivity index (χ1) is 39.2. The van der Waals surface area contributed by atoms with Gasteiger partial charge in [-0.2, -0.15) is 30.3 Å². The Morgan fingerprint density at radius 3 is 1.18 bits per heavy atom. The maximum absolute atomic E-state index is 12.1. The number of aldehydes is 1. The van der Waals surface area contributed by atoms with Gasteiger partial charge >= 0.3 is 23.1 Å². The zero-order valence-electron chi connectivity index (χ0n) is 50.2. The van der Waals surface area contributed by atoms with Crippen molar-refractivity contribution in [1.82, 2.24) is 0 Å². The molecule has 0 aliphatic heterocycles. The van der Waals surface area contributed by atoms with E-state index >= 15 is 0 Å². The van der Waals surface area contributed by atoms with Crippen LogP contribution in [-0.2, 0) is 38.9 Å². The van der Waals surface area contributed by atoms with E-state index in [-0.39, 0.29) is 74.2 Å². The second-order valence-corrected chi connectivity index (χ2v) is 35.9. The number of carbonyl (C=O) groups is 1. The van der Waals surface area contributed by atoms with Crippen LogP contribution in [0.15, 0.2) is 231 Å². The molecule has 0 heterocycles. The van der Waals surface area contributed by atoms with Gasteiger partial charge in [-0.1, -0.05) is 246 Å². The van der Waals surface area contributed by atoms with E-state index in [0.29, 0.717) is 23.2 Å². The third-order valence-electron chi connectivity index (χ3n) is 17.1. The Balaban J connectivity index is 0.000000260. The van der Waals surface area contributed by atoms with Crippen LogP contribution in [-0.4, -0.2) is 72.4 Å². The van der Waals surface area contributed by atoms with Crippen molar-refractivity contribution in [3.05, 3.63) is 242 Å². The van der Waals surface area contributed by atoms with Crippen molar-refractivity contribution in [1.29, 1.82) is 0 Å². The molecule has 4 fully saturated rings. The molecule has 0 radical (unpaired) electrons. The molecule has 84 heavy (non-hydrogen) atoms. The molecule has 0 aromatic heterocycles. The van der Waals surface area contributed by atoms with Crippen molar-refractivity contribution >= 4 is 102 Å². The average Bonchev–Trinajstić information content (AvgIpc) is 3.58. The third-order valence-corrected chi connectivity index (χ3v) is 29.9. The number of carbonyl (C=O) groups excluding carboxylic acids is 1. The van der Waals surface area contributed by atoms with Crippen molar-refractivity contribution in [2.24, 2.45) is 11.8 Å². The van der Waals surface area contributed by atoms with Crippen LogP contribution in [0.1, 0.15) is 114 Å². The fourth-order valence-electron chi connectivity index (χ4n) is 12.7. The first-order valence-corrected chi connectivity index (χ1v) is 38.2. The minimum absolute atomic E-state index is 0. The Morgan fingerprint density at radius 2 is 0.774 bits per heavy atom. The molecule has 4 aliphatic rings. The van der Waals surface area contributed by atoms with Crippen LogP contribution in [0, 0.1) is 17.9 Å². The van der Waals surface area contributed by atoms with Gasteiger partial charge in [0, 0.05) is 54.6 Å². The van der Waals surface area contributed by atoms with E-state index in [1.807, 2.05) is 12.1 Å². The van der Waals surface area contributed by atoms with Crippen LogP contribution >= 0.6 is 30.4 Å². The van der Waals surface area contributed by atoms with Crippen LogP contribution in [0.25, 0.3) is 0 Å². The van der Waals surface area contributed by atoms with E-state index in [1.54, 1.807) is 0 Å². The van der Waals surface area contributed by atoms with Gasteiger partial charge < -0.3 is 26.9 Å². The van der Waals surface area contributed by atoms with Crippen LogP contribution in [0.5, 0.6) is 0 Å². The van der Waals surface area contributed by atoms with E-state index < -0.39 is 36.5 Å². The fourth-order valence-corrected chi connectivity index (χ4v) is 24.2. The molecule has 4 aliphatic carbocycles.